The molecule has 3 rings (SSSR count). The minimum atomic E-state index is -0.310. The molecule has 0 radical (unpaired) electrons. The van der Waals surface area contributed by atoms with Gasteiger partial charge in [-0.2, -0.15) is 0 Å². The number of likely N-dealkylation sites (tertiary alicyclic amines) is 1. The van der Waals surface area contributed by atoms with Crippen LogP contribution in [0.1, 0.15) is 19.8 Å². The van der Waals surface area contributed by atoms with Crippen LogP contribution in [0.4, 0.5) is 0 Å². The number of aromatic nitrogens is 2. The van der Waals surface area contributed by atoms with Crippen molar-refractivity contribution in [2.45, 2.75) is 26.3 Å². The van der Waals surface area contributed by atoms with E-state index in [4.69, 9.17) is 9.47 Å². The van der Waals surface area contributed by atoms with Crippen LogP contribution in [-0.2, 0) is 20.9 Å². The predicted molar refractivity (Wildman–Crippen MR) is 106 cm³/mol. The van der Waals surface area contributed by atoms with E-state index in [9.17, 15) is 14.4 Å². The van der Waals surface area contributed by atoms with E-state index >= 15 is 0 Å². The standard InChI is InChI=1S/C21H25N3O5/c1-3-29-21(27)15-8-10-23(11-9-15)20(26)13-24-14-22-17(12-19(24)25)16-6-4-5-7-18(16)28-2/h4-7,12,14-15H,3,8-11,13H2,1-2H3. The third kappa shape index (κ3) is 4.82. The van der Waals surface area contributed by atoms with E-state index in [2.05, 4.69) is 4.98 Å². The fourth-order valence-corrected chi connectivity index (χ4v) is 3.42. The maximum atomic E-state index is 12.6. The molecule has 8 heteroatoms. The molecule has 2 heterocycles. The number of piperidine rings is 1. The molecule has 1 fully saturated rings. The Morgan fingerprint density at radius 3 is 2.59 bits per heavy atom. The molecule has 29 heavy (non-hydrogen) atoms. The van der Waals surface area contributed by atoms with Gasteiger partial charge in [0.1, 0.15) is 12.3 Å². The smallest absolute Gasteiger partial charge is 0.309 e. The zero-order valence-corrected chi connectivity index (χ0v) is 16.7. The second-order valence-electron chi connectivity index (χ2n) is 6.85. The highest BCUT2D eigenvalue weighted by molar-refractivity contribution is 5.77. The summed E-state index contributed by atoms with van der Waals surface area (Å²) in [5.74, 6) is 0.0921. The van der Waals surface area contributed by atoms with Crippen LogP contribution in [0.25, 0.3) is 11.3 Å². The van der Waals surface area contributed by atoms with Gasteiger partial charge in [0, 0.05) is 24.7 Å². The number of benzene rings is 1. The van der Waals surface area contributed by atoms with Crippen molar-refractivity contribution < 1.29 is 19.1 Å². The summed E-state index contributed by atoms with van der Waals surface area (Å²) in [7, 11) is 1.56. The van der Waals surface area contributed by atoms with Gasteiger partial charge in [0.2, 0.25) is 5.91 Å². The topological polar surface area (TPSA) is 90.7 Å². The average molecular weight is 399 g/mol. The molecule has 1 amide bonds. The van der Waals surface area contributed by atoms with Crippen LogP contribution >= 0.6 is 0 Å². The first kappa shape index (κ1) is 20.6. The van der Waals surface area contributed by atoms with Crippen LogP contribution in [0.2, 0.25) is 0 Å². The van der Waals surface area contributed by atoms with Crippen molar-refractivity contribution in [1.82, 2.24) is 14.5 Å². The zero-order valence-electron chi connectivity index (χ0n) is 16.7. The summed E-state index contributed by atoms with van der Waals surface area (Å²) in [5, 5.41) is 0. The number of rotatable bonds is 6. The fourth-order valence-electron chi connectivity index (χ4n) is 3.42. The van der Waals surface area contributed by atoms with E-state index in [1.165, 1.54) is 17.0 Å². The van der Waals surface area contributed by atoms with Crippen LogP contribution in [-0.4, -0.2) is 53.1 Å². The van der Waals surface area contributed by atoms with Gasteiger partial charge in [-0.15, -0.1) is 0 Å². The largest absolute Gasteiger partial charge is 0.496 e. The molecule has 0 N–H and O–H groups in total. The fraction of sp³-hybridized carbons (Fsp3) is 0.429. The Morgan fingerprint density at radius 1 is 1.21 bits per heavy atom. The average Bonchev–Trinajstić information content (AvgIpc) is 2.75. The summed E-state index contributed by atoms with van der Waals surface area (Å²) in [6.45, 7) is 3.01. The first-order chi connectivity index (χ1) is 14.0. The van der Waals surface area contributed by atoms with Crippen LogP contribution in [0.3, 0.4) is 0 Å². The van der Waals surface area contributed by atoms with E-state index < -0.39 is 0 Å². The Bertz CT molecular complexity index is 932. The minimum absolute atomic E-state index is 0.0812. The lowest BCUT2D eigenvalue weighted by Crippen LogP contribution is -2.43. The van der Waals surface area contributed by atoms with Crippen LogP contribution in [0.15, 0.2) is 41.5 Å². The molecule has 0 atom stereocenters. The first-order valence-corrected chi connectivity index (χ1v) is 9.67. The van der Waals surface area contributed by atoms with Crippen molar-refractivity contribution >= 4 is 11.9 Å². The number of carbonyl (C=O) groups excluding carboxylic acids is 2. The number of carbonyl (C=O) groups is 2. The number of hydrogen-bond donors (Lipinski definition) is 0. The summed E-state index contributed by atoms with van der Waals surface area (Å²) < 4.78 is 11.6. The summed E-state index contributed by atoms with van der Waals surface area (Å²) >= 11 is 0. The van der Waals surface area contributed by atoms with Crippen molar-refractivity contribution in [2.24, 2.45) is 5.92 Å². The molecule has 8 nitrogen and oxygen atoms in total. The molecule has 0 aliphatic carbocycles. The number of amides is 1. The lowest BCUT2D eigenvalue weighted by Gasteiger charge is -2.31. The van der Waals surface area contributed by atoms with Gasteiger partial charge in [-0.25, -0.2) is 4.98 Å². The van der Waals surface area contributed by atoms with Gasteiger partial charge >= 0.3 is 5.97 Å². The van der Waals surface area contributed by atoms with Crippen molar-refractivity contribution in [3.8, 4) is 17.0 Å². The molecule has 1 aliphatic rings. The molecule has 0 saturated carbocycles. The second kappa shape index (κ2) is 9.36. The van der Waals surface area contributed by atoms with E-state index in [-0.39, 0.29) is 29.9 Å². The Labute approximate surface area is 169 Å². The molecule has 1 aromatic carbocycles. The van der Waals surface area contributed by atoms with Crippen LogP contribution in [0.5, 0.6) is 5.75 Å². The zero-order chi connectivity index (χ0) is 20.8. The minimum Gasteiger partial charge on any atom is -0.496 e. The van der Waals surface area contributed by atoms with Gasteiger partial charge in [0.25, 0.3) is 5.56 Å². The van der Waals surface area contributed by atoms with Crippen molar-refractivity contribution in [3.63, 3.8) is 0 Å². The number of hydrogen-bond acceptors (Lipinski definition) is 6. The Balaban J connectivity index is 1.64. The van der Waals surface area contributed by atoms with Gasteiger partial charge in [-0.3, -0.25) is 19.0 Å². The van der Waals surface area contributed by atoms with Gasteiger partial charge < -0.3 is 14.4 Å². The van der Waals surface area contributed by atoms with Crippen molar-refractivity contribution in [1.29, 1.82) is 0 Å². The molecule has 0 unspecified atom stereocenters. The van der Waals surface area contributed by atoms with Gasteiger partial charge in [0.05, 0.1) is 31.7 Å². The Hall–Kier alpha value is -3.16. The third-order valence-electron chi connectivity index (χ3n) is 5.04. The lowest BCUT2D eigenvalue weighted by molar-refractivity contribution is -0.151. The van der Waals surface area contributed by atoms with E-state index in [0.717, 1.165) is 0 Å². The maximum Gasteiger partial charge on any atom is 0.309 e. The molecule has 0 bridgehead atoms. The molecule has 154 valence electrons. The quantitative estimate of drug-likeness (QED) is 0.687. The summed E-state index contributed by atoms with van der Waals surface area (Å²) in [6, 6.07) is 8.70. The molecular formula is C21H25N3O5. The number of nitrogens with zero attached hydrogens (tertiary/aromatic N) is 3. The maximum absolute atomic E-state index is 12.6. The summed E-state index contributed by atoms with van der Waals surface area (Å²) in [6.07, 6.45) is 2.53. The van der Waals surface area contributed by atoms with Gasteiger partial charge in [-0.05, 0) is 31.9 Å². The highest BCUT2D eigenvalue weighted by atomic mass is 16.5. The highest BCUT2D eigenvalue weighted by Gasteiger charge is 2.28. The molecule has 1 saturated heterocycles. The van der Waals surface area contributed by atoms with Crippen molar-refractivity contribution in [3.05, 3.63) is 47.0 Å². The number of ether oxygens (including phenoxy) is 2. The second-order valence-corrected chi connectivity index (χ2v) is 6.85. The molecule has 2 aromatic rings. The number of esters is 1. The molecule has 0 spiro atoms. The molecule has 1 aromatic heterocycles. The number of methoxy groups -OCH3 is 1. The normalized spacial score (nSPS) is 14.5. The molecule has 1 aliphatic heterocycles. The van der Waals surface area contributed by atoms with Gasteiger partial charge in [0.15, 0.2) is 0 Å². The SMILES string of the molecule is CCOC(=O)C1CCN(C(=O)Cn2cnc(-c3ccccc3OC)cc2=O)CC1. The number of para-hydroxylation sites is 1. The van der Waals surface area contributed by atoms with Crippen molar-refractivity contribution in [2.75, 3.05) is 26.8 Å². The Kier molecular flexibility index (Phi) is 6.64. The highest BCUT2D eigenvalue weighted by Crippen LogP contribution is 2.26. The predicted octanol–water partition coefficient (Wildman–Crippen LogP) is 1.72. The molecular weight excluding hydrogens is 374 g/mol. The third-order valence-corrected chi connectivity index (χ3v) is 5.04. The van der Waals surface area contributed by atoms with Gasteiger partial charge in [-0.1, -0.05) is 12.1 Å². The Morgan fingerprint density at radius 2 is 1.93 bits per heavy atom. The van der Waals surface area contributed by atoms with Crippen LogP contribution < -0.4 is 10.3 Å². The van der Waals surface area contributed by atoms with Crippen LogP contribution in [0, 0.1) is 5.92 Å². The monoisotopic (exact) mass is 399 g/mol. The summed E-state index contributed by atoms with van der Waals surface area (Å²) in [4.78, 5) is 42.9. The van der Waals surface area contributed by atoms with E-state index in [1.807, 2.05) is 18.2 Å². The summed E-state index contributed by atoms with van der Waals surface area (Å²) in [5.41, 5.74) is 0.897. The van der Waals surface area contributed by atoms with E-state index in [0.29, 0.717) is 49.5 Å². The first-order valence-electron chi connectivity index (χ1n) is 9.67. The van der Waals surface area contributed by atoms with E-state index in [1.54, 1.807) is 25.0 Å². The lowest BCUT2D eigenvalue weighted by atomic mass is 9.97.